The second kappa shape index (κ2) is 56.7. The van der Waals surface area contributed by atoms with Crippen LogP contribution < -0.4 is 0 Å². The Labute approximate surface area is 59.6 Å². The fourth-order valence-corrected chi connectivity index (χ4v) is 0.236. The molecule has 0 saturated carbocycles. The summed E-state index contributed by atoms with van der Waals surface area (Å²) in [5, 5.41) is 0. The van der Waals surface area contributed by atoms with Crippen molar-refractivity contribution in [3.05, 3.63) is 38.5 Å². The highest BCUT2D eigenvalue weighted by Crippen LogP contribution is 1.73. The van der Waals surface area contributed by atoms with Gasteiger partial charge in [-0.05, 0) is 13.3 Å². The van der Waals surface area contributed by atoms with E-state index in [1.807, 2.05) is 6.92 Å². The van der Waals surface area contributed by atoms with Crippen LogP contribution in [0.5, 0.6) is 0 Å². The van der Waals surface area contributed by atoms with Crippen molar-refractivity contribution >= 4 is 0 Å². The van der Waals surface area contributed by atoms with Gasteiger partial charge >= 0.3 is 0 Å². The van der Waals surface area contributed by atoms with E-state index < -0.39 is 0 Å². The third kappa shape index (κ3) is 132. The van der Waals surface area contributed by atoms with Crippen molar-refractivity contribution in [2.24, 2.45) is 0 Å². The zero-order chi connectivity index (χ0) is 8.12. The van der Waals surface area contributed by atoms with E-state index in [2.05, 4.69) is 45.4 Å². The summed E-state index contributed by atoms with van der Waals surface area (Å²) in [7, 11) is 0. The van der Waals surface area contributed by atoms with Crippen molar-refractivity contribution < 1.29 is 0 Å². The maximum atomic E-state index is 3.00. The Kier molecular flexibility index (Phi) is 99.0. The third-order valence-corrected chi connectivity index (χ3v) is 0.471. The van der Waals surface area contributed by atoms with Gasteiger partial charge in [0.2, 0.25) is 0 Å². The average molecular weight is 126 g/mol. The van der Waals surface area contributed by atoms with Crippen LogP contribution in [0.2, 0.25) is 0 Å². The van der Waals surface area contributed by atoms with Crippen molar-refractivity contribution in [2.45, 2.75) is 20.3 Å². The van der Waals surface area contributed by atoms with Crippen LogP contribution in [0.3, 0.4) is 0 Å². The van der Waals surface area contributed by atoms with Gasteiger partial charge < -0.3 is 0 Å². The first-order valence-corrected chi connectivity index (χ1v) is 3.03. The Morgan fingerprint density at radius 3 is 1.44 bits per heavy atom. The molecule has 0 aromatic carbocycles. The molecule has 0 heterocycles. The Bertz CT molecular complexity index is 42.0. The lowest BCUT2D eigenvalue weighted by atomic mass is 10.4. The van der Waals surface area contributed by atoms with Gasteiger partial charge in [0.15, 0.2) is 0 Å². The zero-order valence-corrected chi connectivity index (χ0v) is 6.69. The van der Waals surface area contributed by atoms with Gasteiger partial charge in [0.1, 0.15) is 0 Å². The lowest BCUT2D eigenvalue weighted by molar-refractivity contribution is 1.22. The van der Waals surface area contributed by atoms with Gasteiger partial charge in [-0.1, -0.05) is 19.1 Å². The summed E-state index contributed by atoms with van der Waals surface area (Å²) >= 11 is 0. The van der Waals surface area contributed by atoms with Crippen LogP contribution in [-0.4, -0.2) is 0 Å². The van der Waals surface area contributed by atoms with Gasteiger partial charge in [-0.25, -0.2) is 0 Å². The Morgan fingerprint density at radius 1 is 1.11 bits per heavy atom. The molecule has 0 nitrogen and oxygen atoms in total. The summed E-state index contributed by atoms with van der Waals surface area (Å²) in [6.45, 7) is 16.2. The van der Waals surface area contributed by atoms with E-state index in [4.69, 9.17) is 0 Å². The smallest absolute Gasteiger partial charge is 0.0379 e. The van der Waals surface area contributed by atoms with Crippen LogP contribution >= 0.6 is 0 Å². The minimum atomic E-state index is 1.16. The van der Waals surface area contributed by atoms with Crippen LogP contribution in [0.15, 0.2) is 38.5 Å². The highest BCUT2D eigenvalue weighted by atomic mass is 13.6. The van der Waals surface area contributed by atoms with Crippen LogP contribution in [0.4, 0.5) is 0 Å². The highest BCUT2D eigenvalue weighted by molar-refractivity contribution is 4.73. The molecule has 0 atom stereocenters. The Morgan fingerprint density at radius 2 is 1.44 bits per heavy atom. The molecule has 0 fully saturated rings. The minimum Gasteiger partial charge on any atom is -0.106 e. The number of hydrogen-bond acceptors (Lipinski definition) is 0. The summed E-state index contributed by atoms with van der Waals surface area (Å²) in [5.41, 5.74) is 0. The molecule has 0 aromatic heterocycles. The monoisotopic (exact) mass is 126 g/mol. The molecule has 0 heteroatoms. The summed E-state index contributed by atoms with van der Waals surface area (Å²) in [5.74, 6) is 0. The highest BCUT2D eigenvalue weighted by Gasteiger charge is 1.52. The molecule has 0 rings (SSSR count). The molecule has 0 radical (unpaired) electrons. The van der Waals surface area contributed by atoms with E-state index in [0.717, 1.165) is 6.42 Å². The molecule has 9 heavy (non-hydrogen) atoms. The summed E-state index contributed by atoms with van der Waals surface area (Å²) < 4.78 is 0. The number of rotatable bonds is 1. The first kappa shape index (κ1) is 15.7. The van der Waals surface area contributed by atoms with Crippen molar-refractivity contribution in [1.82, 2.24) is 0 Å². The molecule has 0 aliphatic heterocycles. The Hall–Kier alpha value is -0.780. The average Bonchev–Trinajstić information content (AvgIpc) is 1.98. The second-order valence-electron chi connectivity index (χ2n) is 0.977. The van der Waals surface area contributed by atoms with Crippen molar-refractivity contribution in [3.63, 3.8) is 0 Å². The van der Waals surface area contributed by atoms with E-state index in [-0.39, 0.29) is 0 Å². The SMILES string of the molecule is C/C=C/CC.C=C.C=C. The minimum absolute atomic E-state index is 1.16. The molecule has 0 saturated heterocycles. The first-order chi connectivity index (χ1) is 4.41. The van der Waals surface area contributed by atoms with Crippen LogP contribution in [0.25, 0.3) is 0 Å². The standard InChI is InChI=1S/C5H10.2C2H4/c1-3-5-4-2;2*1-2/h3,5H,4H2,1-2H3;2*1-2H2/b5-3+;;. The summed E-state index contributed by atoms with van der Waals surface area (Å²) in [6, 6.07) is 0. The normalized spacial score (nSPS) is 6.44. The van der Waals surface area contributed by atoms with Gasteiger partial charge in [0, 0.05) is 0 Å². The molecule has 0 aliphatic carbocycles. The second-order valence-corrected chi connectivity index (χ2v) is 0.977. The maximum Gasteiger partial charge on any atom is -0.0379 e. The largest absolute Gasteiger partial charge is 0.106 e. The topological polar surface area (TPSA) is 0 Å². The molecule has 0 aromatic rings. The van der Waals surface area contributed by atoms with Gasteiger partial charge in [0.05, 0.1) is 0 Å². The molecule has 0 bridgehead atoms. The van der Waals surface area contributed by atoms with E-state index >= 15 is 0 Å². The fraction of sp³-hybridized carbons (Fsp3) is 0.333. The van der Waals surface area contributed by atoms with E-state index in [9.17, 15) is 0 Å². The zero-order valence-electron chi connectivity index (χ0n) is 6.69. The molecular weight excluding hydrogens is 108 g/mol. The molecular formula is C9H18. The predicted octanol–water partition coefficient (Wildman–Crippen LogP) is 3.58. The fourth-order valence-electron chi connectivity index (χ4n) is 0.236. The molecule has 54 valence electrons. The number of allylic oxidation sites excluding steroid dienone is 2. The van der Waals surface area contributed by atoms with Crippen LogP contribution in [0.1, 0.15) is 20.3 Å². The first-order valence-electron chi connectivity index (χ1n) is 3.03. The van der Waals surface area contributed by atoms with Crippen LogP contribution in [-0.2, 0) is 0 Å². The third-order valence-electron chi connectivity index (χ3n) is 0.471. The lowest BCUT2D eigenvalue weighted by Crippen LogP contribution is -1.43. The lowest BCUT2D eigenvalue weighted by Gasteiger charge is -1.65. The van der Waals surface area contributed by atoms with E-state index in [1.54, 1.807) is 0 Å². The van der Waals surface area contributed by atoms with Gasteiger partial charge in [-0.3, -0.25) is 0 Å². The van der Waals surface area contributed by atoms with E-state index in [0.29, 0.717) is 0 Å². The maximum absolute atomic E-state index is 3.00. The van der Waals surface area contributed by atoms with Crippen molar-refractivity contribution in [1.29, 1.82) is 0 Å². The van der Waals surface area contributed by atoms with Gasteiger partial charge in [0.25, 0.3) is 0 Å². The number of hydrogen-bond donors (Lipinski definition) is 0. The molecule has 0 spiro atoms. The summed E-state index contributed by atoms with van der Waals surface area (Å²) in [4.78, 5) is 0. The van der Waals surface area contributed by atoms with Crippen molar-refractivity contribution in [2.75, 3.05) is 0 Å². The molecule has 0 aliphatic rings. The quantitative estimate of drug-likeness (QED) is 0.471. The predicted molar refractivity (Wildman–Crippen MR) is 47.6 cm³/mol. The molecule has 0 unspecified atom stereocenters. The Balaban J connectivity index is -0.0000000771. The van der Waals surface area contributed by atoms with Crippen LogP contribution in [0, 0.1) is 0 Å². The van der Waals surface area contributed by atoms with Crippen molar-refractivity contribution in [3.8, 4) is 0 Å². The summed E-state index contributed by atoms with van der Waals surface area (Å²) in [6.07, 6.45) is 5.34. The van der Waals surface area contributed by atoms with E-state index in [1.165, 1.54) is 0 Å². The van der Waals surface area contributed by atoms with Gasteiger partial charge in [-0.2, -0.15) is 0 Å². The molecule has 0 amide bonds. The molecule has 0 N–H and O–H groups in total. The van der Waals surface area contributed by atoms with Gasteiger partial charge in [-0.15, -0.1) is 26.3 Å².